The van der Waals surface area contributed by atoms with Gasteiger partial charge in [0.25, 0.3) is 5.91 Å². The zero-order chi connectivity index (χ0) is 14.9. The van der Waals surface area contributed by atoms with Crippen LogP contribution < -0.4 is 0 Å². The Bertz CT molecular complexity index is 640. The van der Waals surface area contributed by atoms with Crippen LogP contribution in [0, 0.1) is 0 Å². The molecule has 0 spiro atoms. The second-order valence-corrected chi connectivity index (χ2v) is 5.90. The zero-order valence-corrected chi connectivity index (χ0v) is 12.3. The van der Waals surface area contributed by atoms with Crippen molar-refractivity contribution in [3.63, 3.8) is 0 Å². The van der Waals surface area contributed by atoms with E-state index >= 15 is 0 Å². The Hall–Kier alpha value is -2.15. The predicted molar refractivity (Wildman–Crippen MR) is 76.2 cm³/mol. The van der Waals surface area contributed by atoms with Crippen molar-refractivity contribution in [1.29, 1.82) is 0 Å². The molecule has 2 aliphatic rings. The molecule has 1 saturated heterocycles. The number of nitrogens with zero attached hydrogens (tertiary/aromatic N) is 4. The number of amides is 1. The van der Waals surface area contributed by atoms with Gasteiger partial charge in [0.2, 0.25) is 5.89 Å². The Kier molecular flexibility index (Phi) is 3.42. The van der Waals surface area contributed by atoms with Gasteiger partial charge in [-0.2, -0.15) is 4.98 Å². The highest BCUT2D eigenvalue weighted by Gasteiger charge is 2.29. The molecule has 0 bridgehead atoms. The Morgan fingerprint density at radius 2 is 2.09 bits per heavy atom. The highest BCUT2D eigenvalue weighted by Crippen LogP contribution is 2.38. The highest BCUT2D eigenvalue weighted by atomic mass is 16.5. The summed E-state index contributed by atoms with van der Waals surface area (Å²) in [6.07, 6.45) is 5.37. The minimum Gasteiger partial charge on any atom is -0.472 e. The van der Waals surface area contributed by atoms with Crippen LogP contribution in [0.15, 0.2) is 27.5 Å². The number of carbonyl (C=O) groups excluding carboxylic acids is 1. The summed E-state index contributed by atoms with van der Waals surface area (Å²) in [5.74, 6) is 2.07. The van der Waals surface area contributed by atoms with E-state index in [2.05, 4.69) is 15.0 Å². The van der Waals surface area contributed by atoms with E-state index in [1.54, 1.807) is 6.07 Å². The van der Waals surface area contributed by atoms with Crippen LogP contribution in [-0.4, -0.2) is 52.0 Å². The van der Waals surface area contributed by atoms with Gasteiger partial charge >= 0.3 is 0 Å². The maximum absolute atomic E-state index is 12.2. The van der Waals surface area contributed by atoms with Gasteiger partial charge in [-0.1, -0.05) is 5.16 Å². The lowest BCUT2D eigenvalue weighted by Gasteiger charge is -2.33. The van der Waals surface area contributed by atoms with Gasteiger partial charge in [-0.25, -0.2) is 0 Å². The Morgan fingerprint density at radius 3 is 2.77 bits per heavy atom. The Morgan fingerprint density at radius 1 is 1.27 bits per heavy atom. The zero-order valence-electron chi connectivity index (χ0n) is 12.3. The summed E-state index contributed by atoms with van der Waals surface area (Å²) in [6.45, 7) is 3.68. The van der Waals surface area contributed by atoms with Crippen LogP contribution in [0.1, 0.15) is 40.8 Å². The third-order valence-corrected chi connectivity index (χ3v) is 4.21. The fraction of sp³-hybridized carbons (Fsp3) is 0.533. The third kappa shape index (κ3) is 2.76. The molecule has 3 heterocycles. The summed E-state index contributed by atoms with van der Waals surface area (Å²) in [7, 11) is 0. The smallest absolute Gasteiger partial charge is 0.257 e. The number of piperazine rings is 1. The molecule has 7 heteroatoms. The summed E-state index contributed by atoms with van der Waals surface area (Å²) in [6, 6.07) is 1.70. The number of hydrogen-bond acceptors (Lipinski definition) is 6. The lowest BCUT2D eigenvalue weighted by molar-refractivity contribution is 0.0614. The van der Waals surface area contributed by atoms with Gasteiger partial charge in [-0.15, -0.1) is 0 Å². The van der Waals surface area contributed by atoms with Crippen molar-refractivity contribution in [2.24, 2.45) is 0 Å². The number of hydrogen-bond donors (Lipinski definition) is 0. The molecule has 2 fully saturated rings. The Labute approximate surface area is 127 Å². The van der Waals surface area contributed by atoms with E-state index in [0.717, 1.165) is 18.9 Å². The quantitative estimate of drug-likeness (QED) is 0.852. The molecule has 0 atom stereocenters. The van der Waals surface area contributed by atoms with Crippen molar-refractivity contribution < 1.29 is 13.7 Å². The van der Waals surface area contributed by atoms with E-state index in [9.17, 15) is 4.79 Å². The van der Waals surface area contributed by atoms with E-state index in [1.165, 1.54) is 25.4 Å². The number of aromatic nitrogens is 2. The van der Waals surface area contributed by atoms with E-state index < -0.39 is 0 Å². The molecule has 2 aromatic heterocycles. The topological polar surface area (TPSA) is 75.6 Å². The molecule has 2 aromatic rings. The molecule has 22 heavy (non-hydrogen) atoms. The molecular weight excluding hydrogens is 284 g/mol. The SMILES string of the molecule is O=C(c1ccoc1)N1CCN(Cc2nc(C3CC3)no2)CC1. The van der Waals surface area contributed by atoms with Crippen molar-refractivity contribution in [2.75, 3.05) is 26.2 Å². The van der Waals surface area contributed by atoms with Crippen molar-refractivity contribution in [3.8, 4) is 0 Å². The molecule has 7 nitrogen and oxygen atoms in total. The summed E-state index contributed by atoms with van der Waals surface area (Å²) in [5, 5.41) is 4.03. The molecule has 4 rings (SSSR count). The first-order chi connectivity index (χ1) is 10.8. The van der Waals surface area contributed by atoms with Crippen molar-refractivity contribution >= 4 is 5.91 Å². The number of rotatable bonds is 4. The molecular formula is C15H18N4O3. The minimum atomic E-state index is 0.0298. The van der Waals surface area contributed by atoms with Gasteiger partial charge in [-0.3, -0.25) is 9.69 Å². The highest BCUT2D eigenvalue weighted by molar-refractivity contribution is 5.93. The van der Waals surface area contributed by atoms with Crippen LogP contribution in [-0.2, 0) is 6.54 Å². The first-order valence-electron chi connectivity index (χ1n) is 7.66. The van der Waals surface area contributed by atoms with Crippen LogP contribution >= 0.6 is 0 Å². The largest absolute Gasteiger partial charge is 0.472 e. The van der Waals surface area contributed by atoms with Gasteiger partial charge in [0, 0.05) is 32.1 Å². The summed E-state index contributed by atoms with van der Waals surface area (Å²) >= 11 is 0. The molecule has 1 saturated carbocycles. The monoisotopic (exact) mass is 302 g/mol. The van der Waals surface area contributed by atoms with Crippen molar-refractivity contribution in [3.05, 3.63) is 35.9 Å². The first-order valence-corrected chi connectivity index (χ1v) is 7.66. The van der Waals surface area contributed by atoms with E-state index in [1.807, 2.05) is 4.90 Å². The average molecular weight is 302 g/mol. The standard InChI is InChI=1S/C15H18N4O3/c20-15(12-3-8-21-10-12)19-6-4-18(5-7-19)9-13-16-14(17-22-13)11-1-2-11/h3,8,10-11H,1-2,4-7,9H2. The number of furan rings is 1. The average Bonchev–Trinajstić information content (AvgIpc) is 3.06. The van der Waals surface area contributed by atoms with Gasteiger partial charge in [0.1, 0.15) is 6.26 Å². The van der Waals surface area contributed by atoms with Gasteiger partial charge in [0.05, 0.1) is 18.4 Å². The van der Waals surface area contributed by atoms with E-state index in [-0.39, 0.29) is 5.91 Å². The fourth-order valence-electron chi connectivity index (χ4n) is 2.71. The van der Waals surface area contributed by atoms with Crippen LogP contribution in [0.2, 0.25) is 0 Å². The molecule has 1 aliphatic heterocycles. The van der Waals surface area contributed by atoms with E-state index in [4.69, 9.17) is 8.94 Å². The van der Waals surface area contributed by atoms with Crippen LogP contribution in [0.5, 0.6) is 0 Å². The predicted octanol–water partition coefficient (Wildman–Crippen LogP) is 1.50. The van der Waals surface area contributed by atoms with E-state index in [0.29, 0.717) is 37.0 Å². The maximum atomic E-state index is 12.2. The van der Waals surface area contributed by atoms with Crippen LogP contribution in [0.4, 0.5) is 0 Å². The van der Waals surface area contributed by atoms with Crippen LogP contribution in [0.3, 0.4) is 0 Å². The summed E-state index contributed by atoms with van der Waals surface area (Å²) in [4.78, 5) is 20.8. The molecule has 0 unspecified atom stereocenters. The molecule has 0 radical (unpaired) electrons. The second kappa shape index (κ2) is 5.57. The van der Waals surface area contributed by atoms with Crippen molar-refractivity contribution in [2.45, 2.75) is 25.3 Å². The first kappa shape index (κ1) is 13.5. The summed E-state index contributed by atoms with van der Waals surface area (Å²) in [5.41, 5.74) is 0.611. The third-order valence-electron chi connectivity index (χ3n) is 4.21. The fourth-order valence-corrected chi connectivity index (χ4v) is 2.71. The van der Waals surface area contributed by atoms with Gasteiger partial charge in [0.15, 0.2) is 5.82 Å². The van der Waals surface area contributed by atoms with Crippen LogP contribution in [0.25, 0.3) is 0 Å². The lowest BCUT2D eigenvalue weighted by atomic mass is 10.2. The maximum Gasteiger partial charge on any atom is 0.257 e. The molecule has 1 amide bonds. The molecule has 0 N–H and O–H groups in total. The van der Waals surface area contributed by atoms with Crippen molar-refractivity contribution in [1.82, 2.24) is 19.9 Å². The molecule has 116 valence electrons. The number of carbonyl (C=O) groups is 1. The molecule has 0 aromatic carbocycles. The minimum absolute atomic E-state index is 0.0298. The van der Waals surface area contributed by atoms with Gasteiger partial charge in [-0.05, 0) is 18.9 Å². The Balaban J connectivity index is 1.30. The lowest BCUT2D eigenvalue weighted by Crippen LogP contribution is -2.48. The second-order valence-electron chi connectivity index (χ2n) is 5.90. The normalized spacial score (nSPS) is 19.5. The molecule has 1 aliphatic carbocycles. The summed E-state index contributed by atoms with van der Waals surface area (Å²) < 4.78 is 10.3. The van der Waals surface area contributed by atoms with Gasteiger partial charge < -0.3 is 13.8 Å².